The van der Waals surface area contributed by atoms with Gasteiger partial charge in [0.2, 0.25) is 0 Å². The zero-order valence-corrected chi connectivity index (χ0v) is 11.3. The average molecular weight is 214 g/mol. The quantitative estimate of drug-likeness (QED) is 0.616. The summed E-state index contributed by atoms with van der Waals surface area (Å²) in [5.41, 5.74) is 0. The van der Waals surface area contributed by atoms with Gasteiger partial charge in [0.05, 0.1) is 0 Å². The smallest absolute Gasteiger partial charge is 0.0164 e. The van der Waals surface area contributed by atoms with E-state index in [2.05, 4.69) is 45.3 Å². The molecule has 15 heavy (non-hydrogen) atoms. The minimum Gasteiger partial charge on any atom is -0.315 e. The van der Waals surface area contributed by atoms with Crippen LogP contribution in [0.25, 0.3) is 0 Å². The van der Waals surface area contributed by atoms with Crippen molar-refractivity contribution in [3.8, 4) is 0 Å². The minimum atomic E-state index is 0.586. The van der Waals surface area contributed by atoms with Crippen LogP contribution in [0.4, 0.5) is 0 Å². The van der Waals surface area contributed by atoms with Crippen molar-refractivity contribution >= 4 is 0 Å². The molecule has 0 aromatic carbocycles. The third-order valence-corrected chi connectivity index (χ3v) is 2.60. The lowest BCUT2D eigenvalue weighted by Crippen LogP contribution is -2.39. The molecule has 0 saturated heterocycles. The Morgan fingerprint density at radius 1 is 0.933 bits per heavy atom. The largest absolute Gasteiger partial charge is 0.315 e. The van der Waals surface area contributed by atoms with Gasteiger partial charge in [-0.05, 0) is 38.3 Å². The fourth-order valence-electron chi connectivity index (χ4n) is 1.66. The molecular weight excluding hydrogens is 184 g/mol. The van der Waals surface area contributed by atoms with Gasteiger partial charge in [-0.25, -0.2) is 0 Å². The van der Waals surface area contributed by atoms with Crippen molar-refractivity contribution in [2.45, 2.75) is 53.5 Å². The van der Waals surface area contributed by atoms with Crippen LogP contribution in [0.15, 0.2) is 0 Å². The third-order valence-electron chi connectivity index (χ3n) is 2.60. The Balaban J connectivity index is 3.36. The van der Waals surface area contributed by atoms with Crippen molar-refractivity contribution in [3.05, 3.63) is 0 Å². The molecule has 0 amide bonds. The van der Waals surface area contributed by atoms with Crippen LogP contribution in [-0.4, -0.2) is 25.7 Å². The molecule has 92 valence electrons. The van der Waals surface area contributed by atoms with Gasteiger partial charge in [0, 0.05) is 12.6 Å². The van der Waals surface area contributed by atoms with Gasteiger partial charge in [-0.15, -0.1) is 0 Å². The van der Waals surface area contributed by atoms with Crippen LogP contribution < -0.4 is 10.6 Å². The van der Waals surface area contributed by atoms with E-state index in [0.717, 1.165) is 31.5 Å². The molecule has 0 spiro atoms. The first-order valence-corrected chi connectivity index (χ1v) is 6.50. The molecule has 0 fully saturated rings. The van der Waals surface area contributed by atoms with E-state index in [9.17, 15) is 0 Å². The highest BCUT2D eigenvalue weighted by Crippen LogP contribution is 2.02. The van der Waals surface area contributed by atoms with Crippen LogP contribution in [-0.2, 0) is 0 Å². The van der Waals surface area contributed by atoms with Gasteiger partial charge in [-0.3, -0.25) is 0 Å². The summed E-state index contributed by atoms with van der Waals surface area (Å²) >= 11 is 0. The maximum atomic E-state index is 3.58. The fourth-order valence-corrected chi connectivity index (χ4v) is 1.66. The highest BCUT2D eigenvalue weighted by Gasteiger charge is 2.04. The summed E-state index contributed by atoms with van der Waals surface area (Å²) < 4.78 is 0. The molecule has 2 heteroatoms. The summed E-state index contributed by atoms with van der Waals surface area (Å²) in [6.07, 6.45) is 2.63. The highest BCUT2D eigenvalue weighted by molar-refractivity contribution is 4.66. The number of hydrogen-bond donors (Lipinski definition) is 2. The van der Waals surface area contributed by atoms with Crippen molar-refractivity contribution < 1.29 is 0 Å². The maximum absolute atomic E-state index is 3.58. The first-order valence-electron chi connectivity index (χ1n) is 6.50. The normalized spacial score (nSPS) is 15.6. The number of hydrogen-bond acceptors (Lipinski definition) is 2. The van der Waals surface area contributed by atoms with E-state index in [1.165, 1.54) is 12.8 Å². The van der Waals surface area contributed by atoms with Crippen molar-refractivity contribution in [1.82, 2.24) is 10.6 Å². The zero-order chi connectivity index (χ0) is 11.7. The van der Waals surface area contributed by atoms with E-state index in [4.69, 9.17) is 0 Å². The highest BCUT2D eigenvalue weighted by atomic mass is 15.0. The van der Waals surface area contributed by atoms with E-state index >= 15 is 0 Å². The molecule has 0 bridgehead atoms. The summed E-state index contributed by atoms with van der Waals surface area (Å²) in [5, 5.41) is 7.06. The lowest BCUT2D eigenvalue weighted by atomic mass is 10.1. The Bertz CT molecular complexity index is 134. The topological polar surface area (TPSA) is 24.1 Å². The van der Waals surface area contributed by atoms with Gasteiger partial charge in [-0.2, -0.15) is 0 Å². The molecule has 0 aliphatic carbocycles. The third kappa shape index (κ3) is 10.2. The Kier molecular flexibility index (Phi) is 9.12. The van der Waals surface area contributed by atoms with E-state index in [-0.39, 0.29) is 0 Å². The summed E-state index contributed by atoms with van der Waals surface area (Å²) in [7, 11) is 0. The second kappa shape index (κ2) is 9.17. The molecule has 0 aromatic heterocycles. The number of nitrogens with one attached hydrogen (secondary N) is 2. The van der Waals surface area contributed by atoms with Crippen LogP contribution in [0.5, 0.6) is 0 Å². The summed E-state index contributed by atoms with van der Waals surface area (Å²) in [4.78, 5) is 0. The van der Waals surface area contributed by atoms with Crippen molar-refractivity contribution in [1.29, 1.82) is 0 Å². The molecule has 0 heterocycles. The minimum absolute atomic E-state index is 0.586. The number of rotatable bonds is 9. The Labute approximate surface area is 96.2 Å². The maximum Gasteiger partial charge on any atom is 0.0164 e. The van der Waals surface area contributed by atoms with Gasteiger partial charge < -0.3 is 10.6 Å². The standard InChI is InChI=1S/C13H30N2/c1-6-7-12(4)9-15-13(5)10-14-8-11(2)3/h11-15H,6-10H2,1-5H3. The molecule has 0 aliphatic heterocycles. The molecule has 2 unspecified atom stereocenters. The van der Waals surface area contributed by atoms with Gasteiger partial charge in [0.25, 0.3) is 0 Å². The van der Waals surface area contributed by atoms with Crippen LogP contribution in [0.1, 0.15) is 47.5 Å². The van der Waals surface area contributed by atoms with Gasteiger partial charge in [0.15, 0.2) is 0 Å². The molecule has 0 aromatic rings. The Hall–Kier alpha value is -0.0800. The van der Waals surface area contributed by atoms with Crippen LogP contribution in [0.3, 0.4) is 0 Å². The second-order valence-electron chi connectivity index (χ2n) is 5.26. The molecule has 0 aliphatic rings. The molecule has 0 saturated carbocycles. The van der Waals surface area contributed by atoms with Crippen LogP contribution in [0.2, 0.25) is 0 Å². The first-order chi connectivity index (χ1) is 7.06. The monoisotopic (exact) mass is 214 g/mol. The SMILES string of the molecule is CCCC(C)CNC(C)CNCC(C)C. The second-order valence-corrected chi connectivity index (χ2v) is 5.26. The predicted octanol–water partition coefficient (Wildman–Crippen LogP) is 2.65. The van der Waals surface area contributed by atoms with Crippen molar-refractivity contribution in [2.24, 2.45) is 11.8 Å². The van der Waals surface area contributed by atoms with E-state index in [1.54, 1.807) is 0 Å². The molecule has 2 nitrogen and oxygen atoms in total. The first kappa shape index (κ1) is 14.9. The molecule has 0 rings (SSSR count). The Morgan fingerprint density at radius 3 is 2.13 bits per heavy atom. The molecule has 2 atom stereocenters. The van der Waals surface area contributed by atoms with E-state index in [0.29, 0.717) is 6.04 Å². The van der Waals surface area contributed by atoms with Crippen molar-refractivity contribution in [3.63, 3.8) is 0 Å². The molecule has 0 radical (unpaired) electrons. The van der Waals surface area contributed by atoms with Crippen LogP contribution in [0, 0.1) is 11.8 Å². The van der Waals surface area contributed by atoms with Gasteiger partial charge in [0.1, 0.15) is 0 Å². The summed E-state index contributed by atoms with van der Waals surface area (Å²) in [6.45, 7) is 14.7. The molecule has 2 N–H and O–H groups in total. The van der Waals surface area contributed by atoms with E-state index in [1.807, 2.05) is 0 Å². The zero-order valence-electron chi connectivity index (χ0n) is 11.3. The van der Waals surface area contributed by atoms with Crippen molar-refractivity contribution in [2.75, 3.05) is 19.6 Å². The van der Waals surface area contributed by atoms with Gasteiger partial charge in [-0.1, -0.05) is 34.1 Å². The average Bonchev–Trinajstić information content (AvgIpc) is 2.14. The van der Waals surface area contributed by atoms with E-state index < -0.39 is 0 Å². The van der Waals surface area contributed by atoms with Crippen LogP contribution >= 0.6 is 0 Å². The lowest BCUT2D eigenvalue weighted by Gasteiger charge is -2.18. The summed E-state index contributed by atoms with van der Waals surface area (Å²) in [6, 6.07) is 0.586. The lowest BCUT2D eigenvalue weighted by molar-refractivity contribution is 0.417. The predicted molar refractivity (Wildman–Crippen MR) is 69.2 cm³/mol. The summed E-state index contributed by atoms with van der Waals surface area (Å²) in [5.74, 6) is 1.55. The fraction of sp³-hybridized carbons (Fsp3) is 1.00. The van der Waals surface area contributed by atoms with Gasteiger partial charge >= 0.3 is 0 Å². The Morgan fingerprint density at radius 2 is 1.60 bits per heavy atom. The molecular formula is C13H30N2.